The molecular formula is C16H18N2O4. The fourth-order valence-corrected chi connectivity index (χ4v) is 2.14. The topological polar surface area (TPSA) is 81.4 Å². The Labute approximate surface area is 128 Å². The van der Waals surface area contributed by atoms with E-state index in [2.05, 4.69) is 5.10 Å². The van der Waals surface area contributed by atoms with E-state index in [1.165, 1.54) is 4.68 Å². The Hall–Kier alpha value is -2.63. The summed E-state index contributed by atoms with van der Waals surface area (Å²) in [4.78, 5) is 22.7. The number of rotatable bonds is 6. The Morgan fingerprint density at radius 3 is 2.82 bits per heavy atom. The summed E-state index contributed by atoms with van der Waals surface area (Å²) in [6, 6.07) is 9.06. The van der Waals surface area contributed by atoms with Crippen molar-refractivity contribution in [1.29, 1.82) is 0 Å². The van der Waals surface area contributed by atoms with E-state index >= 15 is 0 Å². The quantitative estimate of drug-likeness (QED) is 0.881. The number of hydrogen-bond donors (Lipinski definition) is 1. The van der Waals surface area contributed by atoms with Gasteiger partial charge in [0.2, 0.25) is 0 Å². The van der Waals surface area contributed by atoms with Gasteiger partial charge in [-0.2, -0.15) is 5.10 Å². The molecule has 1 N–H and O–H groups in total. The predicted molar refractivity (Wildman–Crippen MR) is 82.0 cm³/mol. The van der Waals surface area contributed by atoms with Crippen LogP contribution in [0.2, 0.25) is 0 Å². The predicted octanol–water partition coefficient (Wildman–Crippen LogP) is 1.86. The smallest absolute Gasteiger partial charge is 0.303 e. The van der Waals surface area contributed by atoms with E-state index < -0.39 is 5.97 Å². The highest BCUT2D eigenvalue weighted by Crippen LogP contribution is 2.22. The maximum absolute atomic E-state index is 12.0. The van der Waals surface area contributed by atoms with E-state index in [0.29, 0.717) is 17.9 Å². The lowest BCUT2D eigenvalue weighted by atomic mass is 10.1. The third kappa shape index (κ3) is 3.72. The number of benzene rings is 1. The zero-order valence-corrected chi connectivity index (χ0v) is 12.6. The molecule has 1 aromatic carbocycles. The minimum atomic E-state index is -0.932. The molecule has 22 heavy (non-hydrogen) atoms. The van der Waals surface area contributed by atoms with Gasteiger partial charge in [0.05, 0.1) is 12.3 Å². The lowest BCUT2D eigenvalue weighted by molar-refractivity contribution is -0.136. The second-order valence-corrected chi connectivity index (χ2v) is 4.84. The van der Waals surface area contributed by atoms with Crippen LogP contribution in [0.3, 0.4) is 0 Å². The molecule has 0 atom stereocenters. The summed E-state index contributed by atoms with van der Waals surface area (Å²) in [7, 11) is 1.56. The fraction of sp³-hybridized carbons (Fsp3) is 0.312. The van der Waals surface area contributed by atoms with E-state index in [1.54, 1.807) is 13.1 Å². The van der Waals surface area contributed by atoms with E-state index in [0.717, 1.165) is 11.3 Å². The van der Waals surface area contributed by atoms with Gasteiger partial charge in [0.15, 0.2) is 0 Å². The minimum absolute atomic E-state index is 0.0856. The lowest BCUT2D eigenvalue weighted by Gasteiger charge is -2.09. The van der Waals surface area contributed by atoms with Crippen LogP contribution < -0.4 is 10.3 Å². The number of aryl methyl sites for hydroxylation is 2. The summed E-state index contributed by atoms with van der Waals surface area (Å²) < 4.78 is 6.69. The van der Waals surface area contributed by atoms with E-state index in [4.69, 9.17) is 9.84 Å². The normalized spacial score (nSPS) is 10.5. The van der Waals surface area contributed by atoms with Crippen molar-refractivity contribution in [2.45, 2.75) is 19.8 Å². The minimum Gasteiger partial charge on any atom is -0.494 e. The molecular weight excluding hydrogens is 284 g/mol. The molecule has 6 heteroatoms. The van der Waals surface area contributed by atoms with Gasteiger partial charge in [-0.25, -0.2) is 4.68 Å². The second-order valence-electron chi connectivity index (χ2n) is 4.84. The molecule has 0 unspecified atom stereocenters. The summed E-state index contributed by atoms with van der Waals surface area (Å²) in [5.41, 5.74) is 1.60. The van der Waals surface area contributed by atoms with E-state index in [1.807, 2.05) is 31.2 Å². The van der Waals surface area contributed by atoms with Gasteiger partial charge in [-0.1, -0.05) is 12.1 Å². The molecule has 2 rings (SSSR count). The molecule has 0 spiro atoms. The number of hydrogen-bond acceptors (Lipinski definition) is 4. The summed E-state index contributed by atoms with van der Waals surface area (Å²) >= 11 is 0. The van der Waals surface area contributed by atoms with Crippen molar-refractivity contribution < 1.29 is 14.6 Å². The molecule has 1 heterocycles. The van der Waals surface area contributed by atoms with Gasteiger partial charge in [-0.3, -0.25) is 9.59 Å². The Kier molecular flexibility index (Phi) is 4.93. The largest absolute Gasteiger partial charge is 0.494 e. The maximum Gasteiger partial charge on any atom is 0.303 e. The van der Waals surface area contributed by atoms with Crippen molar-refractivity contribution in [3.05, 3.63) is 46.2 Å². The van der Waals surface area contributed by atoms with Gasteiger partial charge in [-0.15, -0.1) is 0 Å². The standard InChI is InChI=1S/C16H18N2O4/c1-3-22-13-6-4-5-11(9-13)14-10-12(7-8-15(19)20)16(21)18(2)17-14/h4-6,9-10H,3,7-8H2,1-2H3,(H,19,20). The van der Waals surface area contributed by atoms with Crippen molar-refractivity contribution in [3.63, 3.8) is 0 Å². The Morgan fingerprint density at radius 2 is 2.14 bits per heavy atom. The maximum atomic E-state index is 12.0. The number of carbonyl (C=O) groups is 1. The van der Waals surface area contributed by atoms with Gasteiger partial charge < -0.3 is 9.84 Å². The van der Waals surface area contributed by atoms with Crippen LogP contribution in [0.15, 0.2) is 35.1 Å². The molecule has 0 aliphatic rings. The zero-order chi connectivity index (χ0) is 16.1. The highest BCUT2D eigenvalue weighted by molar-refractivity contribution is 5.67. The van der Waals surface area contributed by atoms with Gasteiger partial charge in [0.1, 0.15) is 5.75 Å². The average Bonchev–Trinajstić information content (AvgIpc) is 2.49. The van der Waals surface area contributed by atoms with Crippen molar-refractivity contribution >= 4 is 5.97 Å². The SMILES string of the molecule is CCOc1cccc(-c2cc(CCC(=O)O)c(=O)n(C)n2)c1. The Bertz CT molecular complexity index is 737. The first kappa shape index (κ1) is 15.8. The third-order valence-electron chi connectivity index (χ3n) is 3.19. The van der Waals surface area contributed by atoms with Gasteiger partial charge in [0.25, 0.3) is 5.56 Å². The number of ether oxygens (including phenoxy) is 1. The number of aliphatic carboxylic acids is 1. The zero-order valence-electron chi connectivity index (χ0n) is 12.6. The summed E-state index contributed by atoms with van der Waals surface area (Å²) in [6.07, 6.45) is 0.0976. The molecule has 0 amide bonds. The van der Waals surface area contributed by atoms with Gasteiger partial charge in [-0.05, 0) is 31.5 Å². The Balaban J connectivity index is 2.40. The van der Waals surface area contributed by atoms with Crippen LogP contribution in [0.1, 0.15) is 18.9 Å². The number of nitrogens with zero attached hydrogens (tertiary/aromatic N) is 2. The lowest BCUT2D eigenvalue weighted by Crippen LogP contribution is -2.24. The van der Waals surface area contributed by atoms with Gasteiger partial charge in [0, 0.05) is 24.6 Å². The van der Waals surface area contributed by atoms with Crippen LogP contribution in [-0.2, 0) is 18.3 Å². The van der Waals surface area contributed by atoms with Crippen molar-refractivity contribution in [1.82, 2.24) is 9.78 Å². The molecule has 0 fully saturated rings. The molecule has 0 radical (unpaired) electrons. The molecule has 0 bridgehead atoms. The molecule has 2 aromatic rings. The number of carboxylic acids is 1. The monoisotopic (exact) mass is 302 g/mol. The molecule has 6 nitrogen and oxygen atoms in total. The van der Waals surface area contributed by atoms with E-state index in [9.17, 15) is 9.59 Å². The summed E-state index contributed by atoms with van der Waals surface area (Å²) in [5.74, 6) is -0.207. The van der Waals surface area contributed by atoms with Crippen LogP contribution >= 0.6 is 0 Å². The van der Waals surface area contributed by atoms with Gasteiger partial charge >= 0.3 is 5.97 Å². The second kappa shape index (κ2) is 6.89. The van der Waals surface area contributed by atoms with Crippen LogP contribution in [0, 0.1) is 0 Å². The molecule has 0 saturated carbocycles. The van der Waals surface area contributed by atoms with Crippen molar-refractivity contribution in [2.75, 3.05) is 6.61 Å². The molecule has 116 valence electrons. The van der Waals surface area contributed by atoms with E-state index in [-0.39, 0.29) is 18.4 Å². The van der Waals surface area contributed by atoms with Crippen LogP contribution in [0.25, 0.3) is 11.3 Å². The van der Waals surface area contributed by atoms with Crippen molar-refractivity contribution in [2.24, 2.45) is 7.05 Å². The molecule has 1 aromatic heterocycles. The fourth-order valence-electron chi connectivity index (χ4n) is 2.14. The van der Waals surface area contributed by atoms with Crippen LogP contribution in [0.5, 0.6) is 5.75 Å². The highest BCUT2D eigenvalue weighted by Gasteiger charge is 2.10. The first-order valence-corrected chi connectivity index (χ1v) is 7.03. The first-order valence-electron chi connectivity index (χ1n) is 7.03. The van der Waals surface area contributed by atoms with Crippen molar-refractivity contribution in [3.8, 4) is 17.0 Å². The average molecular weight is 302 g/mol. The first-order chi connectivity index (χ1) is 10.5. The molecule has 0 aliphatic carbocycles. The van der Waals surface area contributed by atoms with Crippen LogP contribution in [-0.4, -0.2) is 27.5 Å². The molecule has 0 aliphatic heterocycles. The number of aromatic nitrogens is 2. The summed E-state index contributed by atoms with van der Waals surface area (Å²) in [5, 5.41) is 13.0. The summed E-state index contributed by atoms with van der Waals surface area (Å²) in [6.45, 7) is 2.47. The highest BCUT2D eigenvalue weighted by atomic mass is 16.5. The molecule has 0 saturated heterocycles. The number of carboxylic acid groups (broad SMARTS) is 1. The van der Waals surface area contributed by atoms with Crippen LogP contribution in [0.4, 0.5) is 0 Å². The Morgan fingerprint density at radius 1 is 1.36 bits per heavy atom. The third-order valence-corrected chi connectivity index (χ3v) is 3.19.